The summed E-state index contributed by atoms with van der Waals surface area (Å²) in [7, 11) is -2.36. The number of piperidine rings is 1. The Hall–Kier alpha value is -2.87. The first-order chi connectivity index (χ1) is 13.3. The number of nitrogens with two attached hydrogens (primary N) is 1. The number of likely N-dealkylation sites (tertiary alicyclic amines) is 1. The van der Waals surface area contributed by atoms with Crippen molar-refractivity contribution in [2.75, 3.05) is 24.4 Å². The SMILES string of the molecule is CN(c1ccccc1C(=O)N1CCC(C(N)=O)CC1)S(=O)(=O)c1ccccc1. The fourth-order valence-electron chi connectivity index (χ4n) is 3.35. The Balaban J connectivity index is 1.87. The molecular formula is C20H23N3O4S. The van der Waals surface area contributed by atoms with Gasteiger partial charge in [-0.05, 0) is 37.1 Å². The second kappa shape index (κ2) is 8.02. The van der Waals surface area contributed by atoms with Crippen LogP contribution in [-0.4, -0.2) is 45.3 Å². The molecule has 3 rings (SSSR count). The van der Waals surface area contributed by atoms with Gasteiger partial charge in [0.25, 0.3) is 15.9 Å². The molecule has 2 amide bonds. The van der Waals surface area contributed by atoms with Crippen molar-refractivity contribution in [3.63, 3.8) is 0 Å². The minimum absolute atomic E-state index is 0.155. The zero-order chi connectivity index (χ0) is 20.3. The zero-order valence-corrected chi connectivity index (χ0v) is 16.4. The van der Waals surface area contributed by atoms with Gasteiger partial charge in [0.15, 0.2) is 0 Å². The summed E-state index contributed by atoms with van der Waals surface area (Å²) >= 11 is 0. The fraction of sp³-hybridized carbons (Fsp3) is 0.300. The predicted molar refractivity (Wildman–Crippen MR) is 106 cm³/mol. The lowest BCUT2D eigenvalue weighted by molar-refractivity contribution is -0.123. The van der Waals surface area contributed by atoms with Gasteiger partial charge in [-0.1, -0.05) is 30.3 Å². The smallest absolute Gasteiger partial charge is 0.264 e. The minimum Gasteiger partial charge on any atom is -0.369 e. The number of carbonyl (C=O) groups excluding carboxylic acids is 2. The Morgan fingerprint density at radius 2 is 1.57 bits per heavy atom. The average Bonchev–Trinajstić information content (AvgIpc) is 2.73. The van der Waals surface area contributed by atoms with Crippen LogP contribution in [0.25, 0.3) is 0 Å². The van der Waals surface area contributed by atoms with E-state index in [0.717, 1.165) is 4.31 Å². The molecule has 1 fully saturated rings. The molecule has 1 aliphatic heterocycles. The summed E-state index contributed by atoms with van der Waals surface area (Å²) in [6.07, 6.45) is 1.03. The van der Waals surface area contributed by atoms with Crippen molar-refractivity contribution in [3.8, 4) is 0 Å². The van der Waals surface area contributed by atoms with Gasteiger partial charge in [-0.2, -0.15) is 0 Å². The van der Waals surface area contributed by atoms with Gasteiger partial charge in [-0.3, -0.25) is 13.9 Å². The van der Waals surface area contributed by atoms with Crippen LogP contribution in [0.2, 0.25) is 0 Å². The molecule has 0 spiro atoms. The molecule has 1 heterocycles. The monoisotopic (exact) mass is 401 g/mol. The summed E-state index contributed by atoms with van der Waals surface area (Å²) in [6.45, 7) is 0.825. The fourth-order valence-corrected chi connectivity index (χ4v) is 4.58. The van der Waals surface area contributed by atoms with Gasteiger partial charge in [0.05, 0.1) is 16.1 Å². The van der Waals surface area contributed by atoms with Crippen LogP contribution < -0.4 is 10.0 Å². The van der Waals surface area contributed by atoms with Crippen molar-refractivity contribution in [1.82, 2.24) is 4.90 Å². The maximum atomic E-state index is 13.1. The number of primary amides is 1. The molecule has 0 atom stereocenters. The lowest BCUT2D eigenvalue weighted by atomic mass is 9.95. The third kappa shape index (κ3) is 3.87. The van der Waals surface area contributed by atoms with E-state index in [9.17, 15) is 18.0 Å². The molecule has 8 heteroatoms. The minimum atomic E-state index is -3.80. The Morgan fingerprint density at radius 3 is 2.18 bits per heavy atom. The number of anilines is 1. The highest BCUT2D eigenvalue weighted by Gasteiger charge is 2.30. The third-order valence-electron chi connectivity index (χ3n) is 5.06. The first kappa shape index (κ1) is 19.9. The molecule has 2 aromatic carbocycles. The molecule has 0 radical (unpaired) electrons. The number of hydrogen-bond acceptors (Lipinski definition) is 4. The third-order valence-corrected chi connectivity index (χ3v) is 6.85. The van der Waals surface area contributed by atoms with Crippen LogP contribution in [0.5, 0.6) is 0 Å². The Kier molecular flexibility index (Phi) is 5.69. The number of carbonyl (C=O) groups is 2. The van der Waals surface area contributed by atoms with Crippen molar-refractivity contribution < 1.29 is 18.0 Å². The summed E-state index contributed by atoms with van der Waals surface area (Å²) in [6, 6.07) is 14.7. The number of rotatable bonds is 5. The molecule has 1 aliphatic rings. The quantitative estimate of drug-likeness (QED) is 0.826. The van der Waals surface area contributed by atoms with E-state index in [1.54, 1.807) is 47.4 Å². The van der Waals surface area contributed by atoms with E-state index in [1.807, 2.05) is 0 Å². The van der Waals surface area contributed by atoms with E-state index < -0.39 is 10.0 Å². The van der Waals surface area contributed by atoms with Crippen molar-refractivity contribution in [2.24, 2.45) is 11.7 Å². The van der Waals surface area contributed by atoms with Gasteiger partial charge >= 0.3 is 0 Å². The Labute approximate surface area is 164 Å². The summed E-state index contributed by atoms with van der Waals surface area (Å²) in [5.74, 6) is -0.824. The molecule has 0 bridgehead atoms. The van der Waals surface area contributed by atoms with Gasteiger partial charge in [-0.15, -0.1) is 0 Å². The normalized spacial score (nSPS) is 15.2. The number of sulfonamides is 1. The molecule has 1 saturated heterocycles. The highest BCUT2D eigenvalue weighted by atomic mass is 32.2. The summed E-state index contributed by atoms with van der Waals surface area (Å²) in [5, 5.41) is 0. The van der Waals surface area contributed by atoms with Crippen LogP contribution in [0.1, 0.15) is 23.2 Å². The molecule has 7 nitrogen and oxygen atoms in total. The van der Waals surface area contributed by atoms with Gasteiger partial charge in [0.1, 0.15) is 0 Å². The molecule has 2 aromatic rings. The van der Waals surface area contributed by atoms with Gasteiger partial charge in [0.2, 0.25) is 5.91 Å². The Morgan fingerprint density at radius 1 is 1.00 bits per heavy atom. The number of hydrogen-bond donors (Lipinski definition) is 1. The summed E-state index contributed by atoms with van der Waals surface area (Å²) in [5.41, 5.74) is 5.97. The predicted octanol–water partition coefficient (Wildman–Crippen LogP) is 1.85. The molecule has 0 aromatic heterocycles. The van der Waals surface area contributed by atoms with Gasteiger partial charge in [0, 0.05) is 26.1 Å². The summed E-state index contributed by atoms with van der Waals surface area (Å²) in [4.78, 5) is 26.2. The van der Waals surface area contributed by atoms with Crippen molar-refractivity contribution in [2.45, 2.75) is 17.7 Å². The van der Waals surface area contributed by atoms with E-state index in [2.05, 4.69) is 0 Å². The van der Waals surface area contributed by atoms with E-state index in [0.29, 0.717) is 37.2 Å². The molecule has 0 saturated carbocycles. The zero-order valence-electron chi connectivity index (χ0n) is 15.6. The first-order valence-corrected chi connectivity index (χ1v) is 10.5. The maximum Gasteiger partial charge on any atom is 0.264 e. The number of amides is 2. The average molecular weight is 401 g/mol. The second-order valence-electron chi connectivity index (χ2n) is 6.77. The standard InChI is InChI=1S/C20H23N3O4S/c1-22(28(26,27)16-7-3-2-4-8-16)18-10-6-5-9-17(18)20(25)23-13-11-15(12-14-23)19(21)24/h2-10,15H,11-14H2,1H3,(H2,21,24). The van der Waals surface area contributed by atoms with Crippen molar-refractivity contribution in [3.05, 3.63) is 60.2 Å². The van der Waals surface area contributed by atoms with E-state index in [4.69, 9.17) is 5.73 Å². The van der Waals surface area contributed by atoms with E-state index in [-0.39, 0.29) is 22.6 Å². The topological polar surface area (TPSA) is 101 Å². The molecule has 2 N–H and O–H groups in total. The van der Waals surface area contributed by atoms with Crippen LogP contribution in [0.4, 0.5) is 5.69 Å². The highest BCUT2D eigenvalue weighted by molar-refractivity contribution is 7.92. The molecular weight excluding hydrogens is 378 g/mol. The van der Waals surface area contributed by atoms with Gasteiger partial charge < -0.3 is 10.6 Å². The highest BCUT2D eigenvalue weighted by Crippen LogP contribution is 2.28. The first-order valence-electron chi connectivity index (χ1n) is 9.04. The number of nitrogens with zero attached hydrogens (tertiary/aromatic N) is 2. The molecule has 28 heavy (non-hydrogen) atoms. The maximum absolute atomic E-state index is 13.1. The van der Waals surface area contributed by atoms with Crippen LogP contribution in [0.3, 0.4) is 0 Å². The second-order valence-corrected chi connectivity index (χ2v) is 8.74. The summed E-state index contributed by atoms with van der Waals surface area (Å²) < 4.78 is 27.0. The van der Waals surface area contributed by atoms with Crippen LogP contribution >= 0.6 is 0 Å². The molecule has 0 aliphatic carbocycles. The lowest BCUT2D eigenvalue weighted by Gasteiger charge is -2.32. The number of benzene rings is 2. The van der Waals surface area contributed by atoms with E-state index in [1.165, 1.54) is 19.2 Å². The van der Waals surface area contributed by atoms with Crippen LogP contribution in [0, 0.1) is 5.92 Å². The number of para-hydroxylation sites is 1. The van der Waals surface area contributed by atoms with Crippen LogP contribution in [0.15, 0.2) is 59.5 Å². The molecule has 148 valence electrons. The van der Waals surface area contributed by atoms with Crippen LogP contribution in [-0.2, 0) is 14.8 Å². The van der Waals surface area contributed by atoms with Gasteiger partial charge in [-0.25, -0.2) is 8.42 Å². The lowest BCUT2D eigenvalue weighted by Crippen LogP contribution is -2.42. The van der Waals surface area contributed by atoms with Crippen molar-refractivity contribution >= 4 is 27.5 Å². The molecule has 0 unspecified atom stereocenters. The van der Waals surface area contributed by atoms with Crippen molar-refractivity contribution in [1.29, 1.82) is 0 Å². The largest absolute Gasteiger partial charge is 0.369 e. The van der Waals surface area contributed by atoms with E-state index >= 15 is 0 Å². The Bertz CT molecular complexity index is 968.